The quantitative estimate of drug-likeness (QED) is 0.723. The second-order valence-corrected chi connectivity index (χ2v) is 8.03. The second-order valence-electron chi connectivity index (χ2n) is 6.29. The topological polar surface area (TPSA) is 75.7 Å². The summed E-state index contributed by atoms with van der Waals surface area (Å²) in [6.07, 6.45) is 0. The zero-order chi connectivity index (χ0) is 18.5. The van der Waals surface area contributed by atoms with E-state index < -0.39 is 16.0 Å². The van der Waals surface area contributed by atoms with Crippen molar-refractivity contribution in [1.29, 1.82) is 0 Å². The molecule has 0 saturated heterocycles. The van der Waals surface area contributed by atoms with Crippen LogP contribution in [0.3, 0.4) is 0 Å². The first kappa shape index (κ1) is 20.6. The van der Waals surface area contributed by atoms with Crippen LogP contribution in [-0.4, -0.2) is 51.6 Å². The van der Waals surface area contributed by atoms with Gasteiger partial charge in [-0.25, -0.2) is 17.9 Å². The first-order valence-corrected chi connectivity index (χ1v) is 9.52. The number of sulfonamides is 1. The van der Waals surface area contributed by atoms with Crippen molar-refractivity contribution in [3.63, 3.8) is 0 Å². The van der Waals surface area contributed by atoms with Crippen molar-refractivity contribution in [2.45, 2.75) is 51.6 Å². The molecule has 24 heavy (non-hydrogen) atoms. The monoisotopic (exact) mass is 356 g/mol. The number of rotatable bonds is 8. The molecule has 0 atom stereocenters. The lowest BCUT2D eigenvalue weighted by Gasteiger charge is -2.30. The van der Waals surface area contributed by atoms with Gasteiger partial charge in [0.1, 0.15) is 0 Å². The lowest BCUT2D eigenvalue weighted by atomic mass is 10.1. The highest BCUT2D eigenvalue weighted by Gasteiger charge is 2.19. The van der Waals surface area contributed by atoms with Crippen LogP contribution >= 0.6 is 0 Å². The Hall–Kier alpha value is -1.44. The van der Waals surface area contributed by atoms with Crippen LogP contribution in [0.5, 0.6) is 0 Å². The number of nitrogens with one attached hydrogen (secondary N) is 1. The van der Waals surface area contributed by atoms with Crippen molar-refractivity contribution in [3.05, 3.63) is 29.3 Å². The number of ether oxygens (including phenoxy) is 1. The summed E-state index contributed by atoms with van der Waals surface area (Å²) in [5, 5.41) is 0. The fraction of sp³-hybridized carbons (Fsp3) is 0.588. The maximum atomic E-state index is 12.5. The van der Waals surface area contributed by atoms with Gasteiger partial charge in [0.2, 0.25) is 10.0 Å². The van der Waals surface area contributed by atoms with Gasteiger partial charge in [-0.2, -0.15) is 0 Å². The lowest BCUT2D eigenvalue weighted by Crippen LogP contribution is -2.42. The van der Waals surface area contributed by atoms with Gasteiger partial charge in [0.05, 0.1) is 17.6 Å². The number of carbonyl (C=O) groups excluding carboxylic acids is 1. The molecule has 1 aromatic rings. The Bertz CT molecular complexity index is 661. The van der Waals surface area contributed by atoms with Gasteiger partial charge in [0, 0.05) is 25.2 Å². The highest BCUT2D eigenvalue weighted by molar-refractivity contribution is 7.89. The minimum Gasteiger partial charge on any atom is -0.465 e. The Kier molecular flexibility index (Phi) is 7.38. The fourth-order valence-electron chi connectivity index (χ4n) is 2.70. The van der Waals surface area contributed by atoms with E-state index in [-0.39, 0.29) is 4.90 Å². The van der Waals surface area contributed by atoms with Crippen LogP contribution in [0.1, 0.15) is 43.6 Å². The fourth-order valence-corrected chi connectivity index (χ4v) is 3.94. The van der Waals surface area contributed by atoms with Gasteiger partial charge in [-0.15, -0.1) is 0 Å². The van der Waals surface area contributed by atoms with Gasteiger partial charge in [-0.05, 0) is 58.4 Å². The summed E-state index contributed by atoms with van der Waals surface area (Å²) in [7, 11) is -2.33. The number of esters is 1. The van der Waals surface area contributed by atoms with E-state index in [1.807, 2.05) is 0 Å². The summed E-state index contributed by atoms with van der Waals surface area (Å²) in [5.74, 6) is -0.487. The molecule has 0 fully saturated rings. The van der Waals surface area contributed by atoms with Crippen LogP contribution in [0, 0.1) is 6.92 Å². The van der Waals surface area contributed by atoms with Gasteiger partial charge < -0.3 is 4.74 Å². The molecule has 7 heteroatoms. The van der Waals surface area contributed by atoms with Crippen LogP contribution in [0.2, 0.25) is 0 Å². The van der Waals surface area contributed by atoms with E-state index in [4.69, 9.17) is 0 Å². The maximum Gasteiger partial charge on any atom is 0.337 e. The number of hydrogen-bond donors (Lipinski definition) is 1. The lowest BCUT2D eigenvalue weighted by molar-refractivity contribution is 0.0600. The van der Waals surface area contributed by atoms with Crippen molar-refractivity contribution >= 4 is 16.0 Å². The third-order valence-corrected chi connectivity index (χ3v) is 5.50. The van der Waals surface area contributed by atoms with E-state index in [9.17, 15) is 13.2 Å². The Morgan fingerprint density at radius 3 is 2.25 bits per heavy atom. The Morgan fingerprint density at radius 1 is 1.21 bits per heavy atom. The molecule has 0 aliphatic rings. The number of carbonyl (C=O) groups is 1. The molecule has 0 aromatic heterocycles. The van der Waals surface area contributed by atoms with E-state index in [1.54, 1.807) is 6.92 Å². The number of benzene rings is 1. The van der Waals surface area contributed by atoms with Gasteiger partial charge in [0.15, 0.2) is 0 Å². The summed E-state index contributed by atoms with van der Waals surface area (Å²) in [4.78, 5) is 13.9. The smallest absolute Gasteiger partial charge is 0.337 e. The minimum absolute atomic E-state index is 0.177. The van der Waals surface area contributed by atoms with E-state index in [1.165, 1.54) is 25.3 Å². The van der Waals surface area contributed by atoms with Crippen LogP contribution < -0.4 is 4.72 Å². The highest BCUT2D eigenvalue weighted by Crippen LogP contribution is 2.17. The van der Waals surface area contributed by atoms with Crippen molar-refractivity contribution < 1.29 is 17.9 Å². The standard InChI is InChI=1S/C17H28N2O4S/c1-12(2)19(13(3)4)10-9-18-24(21,22)16-8-7-15(11-14(16)5)17(20)23-6/h7-8,11-13,18H,9-10H2,1-6H3. The number of nitrogens with zero attached hydrogens (tertiary/aromatic N) is 1. The molecule has 0 spiro atoms. The van der Waals surface area contributed by atoms with Crippen molar-refractivity contribution in [2.75, 3.05) is 20.2 Å². The van der Waals surface area contributed by atoms with Gasteiger partial charge in [0.25, 0.3) is 0 Å². The molecule has 0 radical (unpaired) electrons. The van der Waals surface area contributed by atoms with Gasteiger partial charge in [-0.3, -0.25) is 4.90 Å². The largest absolute Gasteiger partial charge is 0.465 e. The molecule has 6 nitrogen and oxygen atoms in total. The van der Waals surface area contributed by atoms with Crippen LogP contribution in [0.4, 0.5) is 0 Å². The summed E-state index contributed by atoms with van der Waals surface area (Å²) in [6.45, 7) is 11.0. The van der Waals surface area contributed by atoms with E-state index in [0.29, 0.717) is 36.3 Å². The molecule has 0 unspecified atom stereocenters. The SMILES string of the molecule is COC(=O)c1ccc(S(=O)(=O)NCCN(C(C)C)C(C)C)c(C)c1. The molecule has 136 valence electrons. The molecule has 0 bridgehead atoms. The zero-order valence-electron chi connectivity index (χ0n) is 15.3. The molecular weight excluding hydrogens is 328 g/mol. The molecule has 0 amide bonds. The molecule has 1 N–H and O–H groups in total. The third-order valence-electron chi connectivity index (χ3n) is 3.87. The molecular formula is C17H28N2O4S. The first-order chi connectivity index (χ1) is 11.1. The maximum absolute atomic E-state index is 12.5. The van der Waals surface area contributed by atoms with Gasteiger partial charge in [-0.1, -0.05) is 0 Å². The normalized spacial score (nSPS) is 12.2. The zero-order valence-corrected chi connectivity index (χ0v) is 16.1. The summed E-state index contributed by atoms with van der Waals surface area (Å²) >= 11 is 0. The molecule has 0 aliphatic carbocycles. The third kappa shape index (κ3) is 5.29. The average molecular weight is 356 g/mol. The van der Waals surface area contributed by atoms with E-state index in [2.05, 4.69) is 42.1 Å². The Labute approximate surface area is 145 Å². The molecule has 0 aliphatic heterocycles. The molecule has 1 aromatic carbocycles. The van der Waals surface area contributed by atoms with Crippen LogP contribution in [-0.2, 0) is 14.8 Å². The van der Waals surface area contributed by atoms with Crippen molar-refractivity contribution in [1.82, 2.24) is 9.62 Å². The van der Waals surface area contributed by atoms with E-state index in [0.717, 1.165) is 0 Å². The average Bonchev–Trinajstić information content (AvgIpc) is 2.49. The van der Waals surface area contributed by atoms with Crippen LogP contribution in [0.15, 0.2) is 23.1 Å². The molecule has 0 saturated carbocycles. The summed E-state index contributed by atoms with van der Waals surface area (Å²) < 4.78 is 32.2. The van der Waals surface area contributed by atoms with Crippen molar-refractivity contribution in [2.24, 2.45) is 0 Å². The molecule has 1 rings (SSSR count). The first-order valence-electron chi connectivity index (χ1n) is 8.04. The van der Waals surface area contributed by atoms with Crippen molar-refractivity contribution in [3.8, 4) is 0 Å². The Morgan fingerprint density at radius 2 is 1.79 bits per heavy atom. The Balaban J connectivity index is 2.84. The summed E-state index contributed by atoms with van der Waals surface area (Å²) in [5.41, 5.74) is 0.842. The highest BCUT2D eigenvalue weighted by atomic mass is 32.2. The number of methoxy groups -OCH3 is 1. The van der Waals surface area contributed by atoms with E-state index >= 15 is 0 Å². The predicted octanol–water partition coefficient (Wildman–Crippen LogP) is 2.18. The number of aryl methyl sites for hydroxylation is 1. The number of hydrogen-bond acceptors (Lipinski definition) is 5. The van der Waals surface area contributed by atoms with Crippen LogP contribution in [0.25, 0.3) is 0 Å². The second kappa shape index (κ2) is 8.60. The predicted molar refractivity (Wildman–Crippen MR) is 94.7 cm³/mol. The van der Waals surface area contributed by atoms with Gasteiger partial charge >= 0.3 is 5.97 Å². The minimum atomic E-state index is -3.62. The molecule has 0 heterocycles. The summed E-state index contributed by atoms with van der Waals surface area (Å²) in [6, 6.07) is 5.11.